The second kappa shape index (κ2) is 11.8. The standard InChI is InChI=1S/C22H29N3O7S2/c1-2-11-24-33(27,28)20-9-5-19(6-10-20)32-17-22(26)23-16-18-3-7-21(8-4-18)34(29,30)25-12-14-31-15-13-25/h3-10,24H,2,11-17H2,1H3,(H,23,26). The van der Waals surface area contributed by atoms with E-state index in [0.29, 0.717) is 45.0 Å². The van der Waals surface area contributed by atoms with Crippen LogP contribution in [0.3, 0.4) is 0 Å². The second-order valence-corrected chi connectivity index (χ2v) is 11.3. The Bertz CT molecular complexity index is 1160. The Balaban J connectivity index is 1.47. The van der Waals surface area contributed by atoms with Gasteiger partial charge in [0, 0.05) is 26.2 Å². The summed E-state index contributed by atoms with van der Waals surface area (Å²) in [6.45, 7) is 3.60. The molecule has 0 bridgehead atoms. The maximum absolute atomic E-state index is 12.7. The van der Waals surface area contributed by atoms with E-state index in [2.05, 4.69) is 10.0 Å². The molecule has 1 heterocycles. The first kappa shape index (κ1) is 26.1. The molecule has 0 radical (unpaired) electrons. The van der Waals surface area contributed by atoms with Gasteiger partial charge in [-0.05, 0) is 48.4 Å². The Morgan fingerprint density at radius 2 is 1.59 bits per heavy atom. The minimum absolute atomic E-state index is 0.122. The third-order valence-corrected chi connectivity index (χ3v) is 8.46. The van der Waals surface area contributed by atoms with Gasteiger partial charge in [0.1, 0.15) is 5.75 Å². The number of morpholine rings is 1. The van der Waals surface area contributed by atoms with E-state index < -0.39 is 20.0 Å². The fraction of sp³-hybridized carbons (Fsp3) is 0.409. The zero-order chi connectivity index (χ0) is 24.6. The molecule has 0 saturated carbocycles. The summed E-state index contributed by atoms with van der Waals surface area (Å²) >= 11 is 0. The van der Waals surface area contributed by atoms with Gasteiger partial charge in [-0.2, -0.15) is 4.31 Å². The lowest BCUT2D eigenvalue weighted by molar-refractivity contribution is -0.123. The molecule has 1 saturated heterocycles. The van der Waals surface area contributed by atoms with Crippen molar-refractivity contribution in [1.82, 2.24) is 14.3 Å². The van der Waals surface area contributed by atoms with Crippen LogP contribution < -0.4 is 14.8 Å². The molecular weight excluding hydrogens is 482 g/mol. The van der Waals surface area contributed by atoms with E-state index in [1.54, 1.807) is 12.1 Å². The van der Waals surface area contributed by atoms with Gasteiger partial charge in [0.05, 0.1) is 23.0 Å². The lowest BCUT2D eigenvalue weighted by Crippen LogP contribution is -2.40. The van der Waals surface area contributed by atoms with Crippen LogP contribution in [0.5, 0.6) is 5.75 Å². The summed E-state index contributed by atoms with van der Waals surface area (Å²) in [7, 11) is -7.12. The van der Waals surface area contributed by atoms with Gasteiger partial charge in [0.15, 0.2) is 6.61 Å². The topological polar surface area (TPSA) is 131 Å². The molecule has 34 heavy (non-hydrogen) atoms. The molecule has 0 spiro atoms. The number of sulfonamides is 2. The third-order valence-electron chi connectivity index (χ3n) is 5.07. The molecule has 10 nitrogen and oxygen atoms in total. The van der Waals surface area contributed by atoms with Crippen molar-refractivity contribution in [3.05, 3.63) is 54.1 Å². The molecule has 3 rings (SSSR count). The number of hydrogen-bond acceptors (Lipinski definition) is 7. The van der Waals surface area contributed by atoms with E-state index >= 15 is 0 Å². The summed E-state index contributed by atoms with van der Waals surface area (Å²) < 4.78 is 64.0. The van der Waals surface area contributed by atoms with Crippen molar-refractivity contribution in [2.45, 2.75) is 29.7 Å². The van der Waals surface area contributed by atoms with E-state index in [0.717, 1.165) is 5.56 Å². The van der Waals surface area contributed by atoms with E-state index in [4.69, 9.17) is 9.47 Å². The lowest BCUT2D eigenvalue weighted by Gasteiger charge is -2.26. The number of hydrogen-bond donors (Lipinski definition) is 2. The fourth-order valence-corrected chi connectivity index (χ4v) is 5.69. The number of rotatable bonds is 11. The van der Waals surface area contributed by atoms with Crippen molar-refractivity contribution in [3.8, 4) is 5.75 Å². The highest BCUT2D eigenvalue weighted by Gasteiger charge is 2.26. The van der Waals surface area contributed by atoms with Gasteiger partial charge in [-0.1, -0.05) is 19.1 Å². The summed E-state index contributed by atoms with van der Waals surface area (Å²) in [5.41, 5.74) is 0.739. The average Bonchev–Trinajstić information content (AvgIpc) is 2.86. The van der Waals surface area contributed by atoms with Crippen LogP contribution in [0.25, 0.3) is 0 Å². The number of nitrogens with zero attached hydrogens (tertiary/aromatic N) is 1. The van der Waals surface area contributed by atoms with E-state index in [-0.39, 0.29) is 28.8 Å². The molecule has 0 unspecified atom stereocenters. The quantitative estimate of drug-likeness (QED) is 0.462. The predicted octanol–water partition coefficient (Wildman–Crippen LogP) is 1.09. The summed E-state index contributed by atoms with van der Waals surface area (Å²) in [5.74, 6) is -0.00594. The zero-order valence-corrected chi connectivity index (χ0v) is 20.5. The Hall–Kier alpha value is -2.51. The number of amides is 1. The maximum Gasteiger partial charge on any atom is 0.258 e. The van der Waals surface area contributed by atoms with Crippen LogP contribution >= 0.6 is 0 Å². The molecule has 0 aliphatic carbocycles. The second-order valence-electron chi connectivity index (χ2n) is 7.59. The Kier molecular flexibility index (Phi) is 9.03. The van der Waals surface area contributed by atoms with E-state index in [1.807, 2.05) is 6.92 Å². The lowest BCUT2D eigenvalue weighted by atomic mass is 10.2. The largest absolute Gasteiger partial charge is 0.484 e. The molecule has 1 aliphatic rings. The Morgan fingerprint density at radius 3 is 2.21 bits per heavy atom. The van der Waals surface area contributed by atoms with E-state index in [9.17, 15) is 21.6 Å². The van der Waals surface area contributed by atoms with Crippen LogP contribution in [0.2, 0.25) is 0 Å². The summed E-state index contributed by atoms with van der Waals surface area (Å²) in [5, 5.41) is 2.70. The van der Waals surface area contributed by atoms with Crippen molar-refractivity contribution in [2.24, 2.45) is 0 Å². The highest BCUT2D eigenvalue weighted by molar-refractivity contribution is 7.89. The van der Waals surface area contributed by atoms with Crippen LogP contribution in [-0.4, -0.2) is 66.5 Å². The minimum Gasteiger partial charge on any atom is -0.484 e. The number of benzene rings is 2. The van der Waals surface area contributed by atoms with Crippen molar-refractivity contribution in [2.75, 3.05) is 39.5 Å². The summed E-state index contributed by atoms with van der Waals surface area (Å²) in [4.78, 5) is 12.4. The highest BCUT2D eigenvalue weighted by atomic mass is 32.2. The first-order valence-electron chi connectivity index (χ1n) is 10.9. The predicted molar refractivity (Wildman–Crippen MR) is 125 cm³/mol. The first-order chi connectivity index (χ1) is 16.2. The normalized spacial score (nSPS) is 15.1. The number of carbonyl (C=O) groups is 1. The minimum atomic E-state index is -3.56. The van der Waals surface area contributed by atoms with Crippen LogP contribution in [-0.2, 0) is 36.1 Å². The molecule has 0 aromatic heterocycles. The molecule has 1 amide bonds. The van der Waals surface area contributed by atoms with Gasteiger partial charge in [0.2, 0.25) is 20.0 Å². The smallest absolute Gasteiger partial charge is 0.258 e. The van der Waals surface area contributed by atoms with Gasteiger partial charge in [-0.3, -0.25) is 4.79 Å². The molecule has 2 N–H and O–H groups in total. The third kappa shape index (κ3) is 7.00. The zero-order valence-electron chi connectivity index (χ0n) is 18.9. The molecule has 1 aliphatic heterocycles. The molecule has 2 aromatic rings. The maximum atomic E-state index is 12.7. The highest BCUT2D eigenvalue weighted by Crippen LogP contribution is 2.18. The molecule has 186 valence electrons. The van der Waals surface area contributed by atoms with Crippen molar-refractivity contribution in [1.29, 1.82) is 0 Å². The molecule has 2 aromatic carbocycles. The van der Waals surface area contributed by atoms with Gasteiger partial charge >= 0.3 is 0 Å². The monoisotopic (exact) mass is 511 g/mol. The first-order valence-corrected chi connectivity index (χ1v) is 13.8. The Labute approximate surface area is 200 Å². The number of carbonyl (C=O) groups excluding carboxylic acids is 1. The van der Waals surface area contributed by atoms with Crippen LogP contribution in [0.1, 0.15) is 18.9 Å². The molecule has 0 atom stereocenters. The molecule has 12 heteroatoms. The number of nitrogens with one attached hydrogen (secondary N) is 2. The van der Waals surface area contributed by atoms with Gasteiger partial charge < -0.3 is 14.8 Å². The molecule has 1 fully saturated rings. The van der Waals surface area contributed by atoms with Gasteiger partial charge in [-0.15, -0.1) is 0 Å². The summed E-state index contributed by atoms with van der Waals surface area (Å²) in [6.07, 6.45) is 0.688. The van der Waals surface area contributed by atoms with Gasteiger partial charge in [-0.25, -0.2) is 21.6 Å². The average molecular weight is 512 g/mol. The van der Waals surface area contributed by atoms with Crippen molar-refractivity contribution < 1.29 is 31.1 Å². The SMILES string of the molecule is CCCNS(=O)(=O)c1ccc(OCC(=O)NCc2ccc(S(=O)(=O)N3CCOCC3)cc2)cc1. The van der Waals surface area contributed by atoms with E-state index in [1.165, 1.54) is 40.7 Å². The summed E-state index contributed by atoms with van der Waals surface area (Å²) in [6, 6.07) is 12.2. The van der Waals surface area contributed by atoms with Crippen molar-refractivity contribution >= 4 is 26.0 Å². The van der Waals surface area contributed by atoms with Crippen LogP contribution in [0.15, 0.2) is 58.3 Å². The fourth-order valence-electron chi connectivity index (χ4n) is 3.15. The molecular formula is C22H29N3O7S2. The van der Waals surface area contributed by atoms with Crippen LogP contribution in [0, 0.1) is 0 Å². The van der Waals surface area contributed by atoms with Crippen molar-refractivity contribution in [3.63, 3.8) is 0 Å². The Morgan fingerprint density at radius 1 is 0.971 bits per heavy atom. The number of ether oxygens (including phenoxy) is 2. The van der Waals surface area contributed by atoms with Gasteiger partial charge in [0.25, 0.3) is 5.91 Å². The van der Waals surface area contributed by atoms with Crippen LogP contribution in [0.4, 0.5) is 0 Å².